The minimum Gasteiger partial charge on any atom is -0.507 e. The van der Waals surface area contributed by atoms with E-state index in [0.717, 1.165) is 5.56 Å². The van der Waals surface area contributed by atoms with Gasteiger partial charge >= 0.3 is 0 Å². The van der Waals surface area contributed by atoms with E-state index < -0.39 is 6.10 Å². The maximum Gasteiger partial charge on any atom is 0.198 e. The Morgan fingerprint density at radius 3 is 2.50 bits per heavy atom. The van der Waals surface area contributed by atoms with Crippen LogP contribution in [-0.4, -0.2) is 17.0 Å². The van der Waals surface area contributed by atoms with Gasteiger partial charge in [-0.1, -0.05) is 24.3 Å². The highest BCUT2D eigenvalue weighted by atomic mass is 16.6. The second kappa shape index (κ2) is 4.80. The van der Waals surface area contributed by atoms with Gasteiger partial charge in [0.1, 0.15) is 11.9 Å². The Balaban J connectivity index is 1.77. The molecule has 3 rings (SSSR count). The molecule has 0 aromatic heterocycles. The predicted octanol–water partition coefficient (Wildman–Crippen LogP) is 2.59. The first-order valence-electron chi connectivity index (χ1n) is 6.18. The Morgan fingerprint density at radius 1 is 1.15 bits per heavy atom. The van der Waals surface area contributed by atoms with E-state index in [1.54, 1.807) is 42.5 Å². The lowest BCUT2D eigenvalue weighted by Crippen LogP contribution is -2.08. The number of aromatic hydroxyl groups is 1. The fourth-order valence-corrected chi connectivity index (χ4v) is 2.15. The van der Waals surface area contributed by atoms with Crippen molar-refractivity contribution in [2.75, 3.05) is 0 Å². The predicted molar refractivity (Wildman–Crippen MR) is 71.2 cm³/mol. The molecule has 1 aliphatic heterocycles. The van der Waals surface area contributed by atoms with E-state index >= 15 is 0 Å². The Labute approximate surface area is 115 Å². The van der Waals surface area contributed by atoms with Crippen LogP contribution in [0.2, 0.25) is 0 Å². The molecule has 0 bridgehead atoms. The van der Waals surface area contributed by atoms with Crippen LogP contribution in [0.3, 0.4) is 0 Å². The summed E-state index contributed by atoms with van der Waals surface area (Å²) in [5.41, 5.74) is 1.70. The standard InChI is InChI=1S/C16H11NO3/c17-9-10-5-7-11(8-6-10)15-16(20-15)14(19)12-3-1-2-4-13(12)18/h1-8,15-16,18H/t15-,16-/m1/s1. The number of hydrogen-bond acceptors (Lipinski definition) is 4. The fraction of sp³-hybridized carbons (Fsp3) is 0.125. The molecule has 2 atom stereocenters. The molecule has 1 heterocycles. The van der Waals surface area contributed by atoms with Gasteiger partial charge in [0.15, 0.2) is 11.9 Å². The van der Waals surface area contributed by atoms with Crippen LogP contribution in [-0.2, 0) is 4.74 Å². The van der Waals surface area contributed by atoms with E-state index in [1.807, 2.05) is 6.07 Å². The SMILES string of the molecule is N#Cc1ccc([C@H]2O[C@@H]2C(=O)c2ccccc2O)cc1. The number of rotatable bonds is 3. The third kappa shape index (κ3) is 2.15. The number of nitrogens with zero attached hydrogens (tertiary/aromatic N) is 1. The van der Waals surface area contributed by atoms with Gasteiger partial charge in [-0.15, -0.1) is 0 Å². The molecule has 1 aliphatic rings. The zero-order valence-corrected chi connectivity index (χ0v) is 10.5. The minimum atomic E-state index is -0.559. The Bertz CT molecular complexity index is 700. The van der Waals surface area contributed by atoms with Gasteiger partial charge in [-0.25, -0.2) is 0 Å². The van der Waals surface area contributed by atoms with Gasteiger partial charge in [-0.05, 0) is 29.8 Å². The number of phenolic OH excluding ortho intramolecular Hbond substituents is 1. The number of benzene rings is 2. The zero-order valence-electron chi connectivity index (χ0n) is 10.5. The van der Waals surface area contributed by atoms with Gasteiger partial charge < -0.3 is 9.84 Å². The maximum absolute atomic E-state index is 12.2. The van der Waals surface area contributed by atoms with E-state index in [-0.39, 0.29) is 23.2 Å². The molecule has 0 unspecified atom stereocenters. The first-order valence-corrected chi connectivity index (χ1v) is 6.18. The molecule has 1 saturated heterocycles. The topological polar surface area (TPSA) is 73.6 Å². The molecular weight excluding hydrogens is 254 g/mol. The molecule has 2 aromatic rings. The molecule has 1 fully saturated rings. The average molecular weight is 265 g/mol. The van der Waals surface area contributed by atoms with Crippen molar-refractivity contribution in [2.45, 2.75) is 12.2 Å². The summed E-state index contributed by atoms with van der Waals surface area (Å²) in [4.78, 5) is 12.2. The summed E-state index contributed by atoms with van der Waals surface area (Å²) in [5, 5.41) is 18.4. The molecule has 0 spiro atoms. The summed E-state index contributed by atoms with van der Waals surface area (Å²) in [5.74, 6) is -0.260. The summed E-state index contributed by atoms with van der Waals surface area (Å²) in [6.07, 6.45) is -0.855. The molecule has 20 heavy (non-hydrogen) atoms. The van der Waals surface area contributed by atoms with Crippen LogP contribution in [0.5, 0.6) is 5.75 Å². The summed E-state index contributed by atoms with van der Waals surface area (Å²) < 4.78 is 5.40. The lowest BCUT2D eigenvalue weighted by molar-refractivity contribution is 0.0951. The Morgan fingerprint density at radius 2 is 1.85 bits per heavy atom. The fourth-order valence-electron chi connectivity index (χ4n) is 2.15. The van der Waals surface area contributed by atoms with Crippen molar-refractivity contribution < 1.29 is 14.6 Å². The van der Waals surface area contributed by atoms with Gasteiger partial charge in [0.2, 0.25) is 0 Å². The molecule has 0 amide bonds. The zero-order chi connectivity index (χ0) is 14.1. The number of carbonyl (C=O) groups excluding carboxylic acids is 1. The number of nitriles is 1. The lowest BCUT2D eigenvalue weighted by atomic mass is 10.0. The van der Waals surface area contributed by atoms with Crippen LogP contribution in [0.1, 0.15) is 27.6 Å². The van der Waals surface area contributed by atoms with Crippen LogP contribution in [0.4, 0.5) is 0 Å². The van der Waals surface area contributed by atoms with E-state index in [2.05, 4.69) is 0 Å². The Hall–Kier alpha value is -2.64. The van der Waals surface area contributed by atoms with E-state index in [0.29, 0.717) is 5.56 Å². The highest BCUT2D eigenvalue weighted by Crippen LogP contribution is 2.41. The van der Waals surface area contributed by atoms with Crippen molar-refractivity contribution in [1.29, 1.82) is 5.26 Å². The number of phenols is 1. The summed E-state index contributed by atoms with van der Waals surface area (Å²) in [7, 11) is 0. The molecule has 4 heteroatoms. The van der Waals surface area contributed by atoms with E-state index in [9.17, 15) is 9.90 Å². The highest BCUT2D eigenvalue weighted by Gasteiger charge is 2.46. The van der Waals surface area contributed by atoms with Gasteiger partial charge in [-0.3, -0.25) is 4.79 Å². The second-order valence-corrected chi connectivity index (χ2v) is 4.59. The highest BCUT2D eigenvalue weighted by molar-refractivity contribution is 6.03. The number of hydrogen-bond donors (Lipinski definition) is 1. The van der Waals surface area contributed by atoms with E-state index in [4.69, 9.17) is 10.00 Å². The van der Waals surface area contributed by atoms with Crippen LogP contribution >= 0.6 is 0 Å². The number of ketones is 1. The number of carbonyl (C=O) groups is 1. The third-order valence-corrected chi connectivity index (χ3v) is 3.29. The van der Waals surface area contributed by atoms with Crippen molar-refractivity contribution in [2.24, 2.45) is 0 Å². The number of ether oxygens (including phenoxy) is 1. The van der Waals surface area contributed by atoms with Crippen molar-refractivity contribution in [1.82, 2.24) is 0 Å². The average Bonchev–Trinajstić information content (AvgIpc) is 3.28. The van der Waals surface area contributed by atoms with Crippen molar-refractivity contribution >= 4 is 5.78 Å². The summed E-state index contributed by atoms with van der Waals surface area (Å²) in [6, 6.07) is 15.4. The number of para-hydroxylation sites is 1. The second-order valence-electron chi connectivity index (χ2n) is 4.59. The largest absolute Gasteiger partial charge is 0.507 e. The van der Waals surface area contributed by atoms with Crippen LogP contribution < -0.4 is 0 Å². The quantitative estimate of drug-likeness (QED) is 0.683. The minimum absolute atomic E-state index is 0.0356. The normalized spacial score (nSPS) is 20.1. The molecule has 0 aliphatic carbocycles. The molecule has 2 aromatic carbocycles. The third-order valence-electron chi connectivity index (χ3n) is 3.29. The van der Waals surface area contributed by atoms with Gasteiger partial charge in [0.25, 0.3) is 0 Å². The summed E-state index contributed by atoms with van der Waals surface area (Å²) in [6.45, 7) is 0. The van der Waals surface area contributed by atoms with E-state index in [1.165, 1.54) is 6.07 Å². The maximum atomic E-state index is 12.2. The van der Waals surface area contributed by atoms with Crippen molar-refractivity contribution in [3.05, 3.63) is 65.2 Å². The molecule has 0 saturated carbocycles. The first-order chi connectivity index (χ1) is 9.70. The van der Waals surface area contributed by atoms with Gasteiger partial charge in [-0.2, -0.15) is 5.26 Å². The number of Topliss-reactive ketones (excluding diaryl/α,β-unsaturated/α-hetero) is 1. The number of epoxide rings is 1. The Kier molecular flexibility index (Phi) is 2.97. The monoisotopic (exact) mass is 265 g/mol. The van der Waals surface area contributed by atoms with Gasteiger partial charge in [0.05, 0.1) is 17.2 Å². The van der Waals surface area contributed by atoms with Crippen molar-refractivity contribution in [3.8, 4) is 11.8 Å². The van der Waals surface area contributed by atoms with Crippen LogP contribution in [0.25, 0.3) is 0 Å². The van der Waals surface area contributed by atoms with Crippen molar-refractivity contribution in [3.63, 3.8) is 0 Å². The van der Waals surface area contributed by atoms with Gasteiger partial charge in [0, 0.05) is 0 Å². The molecule has 1 N–H and O–H groups in total. The molecule has 4 nitrogen and oxygen atoms in total. The smallest absolute Gasteiger partial charge is 0.198 e. The first kappa shape index (κ1) is 12.4. The summed E-state index contributed by atoms with van der Waals surface area (Å²) >= 11 is 0. The molecule has 0 radical (unpaired) electrons. The van der Waals surface area contributed by atoms with Crippen LogP contribution in [0.15, 0.2) is 48.5 Å². The van der Waals surface area contributed by atoms with Crippen LogP contribution in [0, 0.1) is 11.3 Å². The molecule has 98 valence electrons. The lowest BCUT2D eigenvalue weighted by Gasteiger charge is -2.00. The molecular formula is C16H11NO3.